The van der Waals surface area contributed by atoms with Crippen LogP contribution in [0.5, 0.6) is 0 Å². The van der Waals surface area contributed by atoms with Crippen LogP contribution in [0.2, 0.25) is 0 Å². The Labute approximate surface area is 91.2 Å². The van der Waals surface area contributed by atoms with Crippen molar-refractivity contribution in [2.45, 2.75) is 44.8 Å². The van der Waals surface area contributed by atoms with Crippen molar-refractivity contribution in [2.75, 3.05) is 20.2 Å². The zero-order chi connectivity index (χ0) is 11.3. The second-order valence-electron chi connectivity index (χ2n) is 4.24. The van der Waals surface area contributed by atoms with Gasteiger partial charge in [0, 0.05) is 13.7 Å². The summed E-state index contributed by atoms with van der Waals surface area (Å²) in [5, 5.41) is 9.14. The monoisotopic (exact) mass is 215 g/mol. The van der Waals surface area contributed by atoms with Crippen molar-refractivity contribution in [1.29, 1.82) is 0 Å². The van der Waals surface area contributed by atoms with E-state index in [9.17, 15) is 4.79 Å². The molecule has 15 heavy (non-hydrogen) atoms. The molecule has 4 nitrogen and oxygen atoms in total. The van der Waals surface area contributed by atoms with Crippen LogP contribution in [-0.2, 0) is 9.53 Å². The van der Waals surface area contributed by atoms with E-state index < -0.39 is 5.97 Å². The number of hydrogen-bond acceptors (Lipinski definition) is 3. The third-order valence-corrected chi connectivity index (χ3v) is 3.04. The lowest BCUT2D eigenvalue weighted by atomic mass is 10.1. The molecule has 0 aliphatic carbocycles. The van der Waals surface area contributed by atoms with Gasteiger partial charge in [-0.2, -0.15) is 0 Å². The zero-order valence-corrected chi connectivity index (χ0v) is 9.61. The summed E-state index contributed by atoms with van der Waals surface area (Å²) < 4.78 is 5.19. The summed E-state index contributed by atoms with van der Waals surface area (Å²) >= 11 is 0. The topological polar surface area (TPSA) is 49.8 Å². The van der Waals surface area contributed by atoms with Crippen LogP contribution in [0.1, 0.15) is 32.6 Å². The van der Waals surface area contributed by atoms with E-state index >= 15 is 0 Å². The highest BCUT2D eigenvalue weighted by atomic mass is 16.5. The Bertz CT molecular complexity index is 208. The highest BCUT2D eigenvalue weighted by molar-refractivity contribution is 5.73. The molecule has 0 radical (unpaired) electrons. The van der Waals surface area contributed by atoms with Crippen LogP contribution in [0.4, 0.5) is 0 Å². The predicted molar refractivity (Wildman–Crippen MR) is 57.9 cm³/mol. The van der Waals surface area contributed by atoms with Crippen LogP contribution in [-0.4, -0.2) is 48.3 Å². The molecule has 1 saturated heterocycles. The Morgan fingerprint density at radius 2 is 2.27 bits per heavy atom. The molecule has 0 spiro atoms. The first kappa shape index (κ1) is 12.5. The summed E-state index contributed by atoms with van der Waals surface area (Å²) in [5.74, 6) is -0.694. The number of carbonyl (C=O) groups is 1. The lowest BCUT2D eigenvalue weighted by Gasteiger charge is -2.28. The number of methoxy groups -OCH3 is 1. The van der Waals surface area contributed by atoms with E-state index in [0.717, 1.165) is 32.2 Å². The van der Waals surface area contributed by atoms with Crippen LogP contribution in [0, 0.1) is 0 Å². The van der Waals surface area contributed by atoms with Gasteiger partial charge in [-0.1, -0.05) is 12.8 Å². The normalized spacial score (nSPS) is 25.9. The molecular weight excluding hydrogens is 194 g/mol. The molecule has 2 unspecified atom stereocenters. The average Bonchev–Trinajstić information content (AvgIpc) is 2.43. The first-order chi connectivity index (χ1) is 7.15. The standard InChI is InChI=1S/C11H21NO3/c1-9(15-2)8-12-7-5-3-4-6-10(12)11(13)14/h9-10H,3-8H2,1-2H3,(H,13,14). The van der Waals surface area contributed by atoms with E-state index in [1.165, 1.54) is 0 Å². The average molecular weight is 215 g/mol. The second kappa shape index (κ2) is 6.08. The Morgan fingerprint density at radius 1 is 1.53 bits per heavy atom. The molecule has 88 valence electrons. The molecule has 4 heteroatoms. The molecule has 0 saturated carbocycles. The van der Waals surface area contributed by atoms with E-state index in [4.69, 9.17) is 9.84 Å². The second-order valence-corrected chi connectivity index (χ2v) is 4.24. The predicted octanol–water partition coefficient (Wildman–Crippen LogP) is 1.35. The van der Waals surface area contributed by atoms with E-state index in [0.29, 0.717) is 6.54 Å². The molecule has 0 bridgehead atoms. The van der Waals surface area contributed by atoms with E-state index in [2.05, 4.69) is 0 Å². The highest BCUT2D eigenvalue weighted by Gasteiger charge is 2.27. The van der Waals surface area contributed by atoms with Gasteiger partial charge >= 0.3 is 5.97 Å². The number of nitrogens with zero attached hydrogens (tertiary/aromatic N) is 1. The number of likely N-dealkylation sites (tertiary alicyclic amines) is 1. The number of carboxylic acid groups (broad SMARTS) is 1. The fraction of sp³-hybridized carbons (Fsp3) is 0.909. The van der Waals surface area contributed by atoms with Gasteiger partial charge in [-0.25, -0.2) is 0 Å². The number of ether oxygens (including phenoxy) is 1. The Balaban J connectivity index is 2.57. The molecule has 1 heterocycles. The van der Waals surface area contributed by atoms with E-state index in [1.807, 2.05) is 11.8 Å². The number of rotatable bonds is 4. The summed E-state index contributed by atoms with van der Waals surface area (Å²) in [5.41, 5.74) is 0. The number of carboxylic acids is 1. The van der Waals surface area contributed by atoms with Gasteiger partial charge in [0.05, 0.1) is 6.10 Å². The molecule has 1 N–H and O–H groups in total. The van der Waals surface area contributed by atoms with Crippen molar-refractivity contribution in [2.24, 2.45) is 0 Å². The molecule has 2 atom stereocenters. The fourth-order valence-electron chi connectivity index (χ4n) is 2.07. The van der Waals surface area contributed by atoms with Gasteiger partial charge < -0.3 is 9.84 Å². The Kier molecular flexibility index (Phi) is 5.05. The molecule has 1 aliphatic heterocycles. The van der Waals surface area contributed by atoms with Crippen molar-refractivity contribution in [3.63, 3.8) is 0 Å². The minimum Gasteiger partial charge on any atom is -0.480 e. The molecule has 1 aliphatic rings. The van der Waals surface area contributed by atoms with Gasteiger partial charge in [-0.3, -0.25) is 9.69 Å². The lowest BCUT2D eigenvalue weighted by Crippen LogP contribution is -2.44. The third kappa shape index (κ3) is 3.80. The fourth-order valence-corrected chi connectivity index (χ4v) is 2.07. The quantitative estimate of drug-likeness (QED) is 0.769. The van der Waals surface area contributed by atoms with Gasteiger partial charge in [-0.15, -0.1) is 0 Å². The Morgan fingerprint density at radius 3 is 2.87 bits per heavy atom. The Hall–Kier alpha value is -0.610. The molecule has 0 aromatic heterocycles. The first-order valence-corrected chi connectivity index (χ1v) is 5.64. The van der Waals surface area contributed by atoms with Gasteiger partial charge in [0.25, 0.3) is 0 Å². The summed E-state index contributed by atoms with van der Waals surface area (Å²) in [7, 11) is 1.66. The molecule has 0 aromatic rings. The summed E-state index contributed by atoms with van der Waals surface area (Å²) in [6, 6.07) is -0.315. The van der Waals surface area contributed by atoms with Gasteiger partial charge in [-0.05, 0) is 26.3 Å². The van der Waals surface area contributed by atoms with E-state index in [1.54, 1.807) is 7.11 Å². The maximum atomic E-state index is 11.1. The molecule has 1 rings (SSSR count). The van der Waals surface area contributed by atoms with Crippen molar-refractivity contribution in [3.8, 4) is 0 Å². The number of aliphatic carboxylic acids is 1. The summed E-state index contributed by atoms with van der Waals surface area (Å²) in [4.78, 5) is 13.2. The molecule has 1 fully saturated rings. The largest absolute Gasteiger partial charge is 0.480 e. The van der Waals surface area contributed by atoms with Crippen LogP contribution in [0.25, 0.3) is 0 Å². The van der Waals surface area contributed by atoms with Gasteiger partial charge in [0.15, 0.2) is 0 Å². The minimum absolute atomic E-state index is 0.102. The van der Waals surface area contributed by atoms with Crippen molar-refractivity contribution >= 4 is 5.97 Å². The maximum Gasteiger partial charge on any atom is 0.320 e. The van der Waals surface area contributed by atoms with Gasteiger partial charge in [0.1, 0.15) is 6.04 Å². The third-order valence-electron chi connectivity index (χ3n) is 3.04. The van der Waals surface area contributed by atoms with Crippen LogP contribution < -0.4 is 0 Å². The highest BCUT2D eigenvalue weighted by Crippen LogP contribution is 2.17. The van der Waals surface area contributed by atoms with Crippen molar-refractivity contribution < 1.29 is 14.6 Å². The summed E-state index contributed by atoms with van der Waals surface area (Å²) in [6.45, 7) is 3.57. The lowest BCUT2D eigenvalue weighted by molar-refractivity contribution is -0.144. The smallest absolute Gasteiger partial charge is 0.320 e. The van der Waals surface area contributed by atoms with E-state index in [-0.39, 0.29) is 12.1 Å². The van der Waals surface area contributed by atoms with Crippen LogP contribution >= 0.6 is 0 Å². The van der Waals surface area contributed by atoms with Crippen LogP contribution in [0.3, 0.4) is 0 Å². The zero-order valence-electron chi connectivity index (χ0n) is 9.61. The van der Waals surface area contributed by atoms with Crippen molar-refractivity contribution in [1.82, 2.24) is 4.90 Å². The molecule has 0 aromatic carbocycles. The SMILES string of the molecule is COC(C)CN1CCCCCC1C(=O)O. The van der Waals surface area contributed by atoms with Crippen LogP contribution in [0.15, 0.2) is 0 Å². The summed E-state index contributed by atoms with van der Waals surface area (Å²) in [6.07, 6.45) is 4.13. The maximum absolute atomic E-state index is 11.1. The first-order valence-electron chi connectivity index (χ1n) is 5.64. The number of hydrogen-bond donors (Lipinski definition) is 1. The molecular formula is C11H21NO3. The van der Waals surface area contributed by atoms with Crippen molar-refractivity contribution in [3.05, 3.63) is 0 Å². The van der Waals surface area contributed by atoms with Gasteiger partial charge in [0.2, 0.25) is 0 Å². The minimum atomic E-state index is -0.694. The molecule has 0 amide bonds.